The number of methoxy groups -OCH3 is 1. The van der Waals surface area contributed by atoms with Crippen LogP contribution < -0.4 is 4.74 Å². The predicted octanol–water partition coefficient (Wildman–Crippen LogP) is 6.40. The molecule has 1 saturated heterocycles. The average Bonchev–Trinajstić information content (AvgIpc) is 3.60. The highest BCUT2D eigenvalue weighted by Gasteiger charge is 2.51. The van der Waals surface area contributed by atoms with E-state index in [0.717, 1.165) is 16.3 Å². The van der Waals surface area contributed by atoms with Crippen LogP contribution in [0.1, 0.15) is 41.6 Å². The Morgan fingerprint density at radius 2 is 1.84 bits per heavy atom. The molecule has 3 aromatic carbocycles. The summed E-state index contributed by atoms with van der Waals surface area (Å²) in [5, 5.41) is 11.0. The Hall–Kier alpha value is -4.83. The molecular formula is C33H28N2O7S. The molecular weight excluding hydrogens is 568 g/mol. The predicted molar refractivity (Wildman–Crippen MR) is 164 cm³/mol. The summed E-state index contributed by atoms with van der Waals surface area (Å²) in [6.45, 7) is 3.74. The number of thioether (sulfide) groups is 1. The van der Waals surface area contributed by atoms with Gasteiger partial charge in [0.15, 0.2) is 5.50 Å². The minimum atomic E-state index is -1.01. The second-order valence-corrected chi connectivity index (χ2v) is 11.2. The average molecular weight is 597 g/mol. The molecule has 218 valence electrons. The van der Waals surface area contributed by atoms with E-state index in [0.29, 0.717) is 33.5 Å². The summed E-state index contributed by atoms with van der Waals surface area (Å²) in [4.78, 5) is 45.6. The number of carbonyl (C=O) groups excluding carboxylic acids is 2. The summed E-state index contributed by atoms with van der Waals surface area (Å²) < 4.78 is 17.3. The second kappa shape index (κ2) is 11.4. The summed E-state index contributed by atoms with van der Waals surface area (Å²) in [5.74, 6) is -1.03. The molecule has 0 saturated carbocycles. The molecule has 6 rings (SSSR count). The zero-order valence-corrected chi connectivity index (χ0v) is 24.5. The van der Waals surface area contributed by atoms with Crippen molar-refractivity contribution < 1.29 is 33.4 Å². The van der Waals surface area contributed by atoms with Gasteiger partial charge in [-0.2, -0.15) is 0 Å². The van der Waals surface area contributed by atoms with Gasteiger partial charge < -0.3 is 19.0 Å². The van der Waals surface area contributed by atoms with Crippen molar-refractivity contribution in [2.45, 2.75) is 25.4 Å². The summed E-state index contributed by atoms with van der Waals surface area (Å²) in [7, 11) is 1.57. The highest BCUT2D eigenvalue weighted by atomic mass is 32.2. The molecule has 0 bridgehead atoms. The summed E-state index contributed by atoms with van der Waals surface area (Å²) in [6, 6.07) is 20.8. The SMILES string of the molecule is CCOC(=O)C1C(C)=NC2SC(=Cc3ccc(-c4ccc(C(=O)O)cc4)o3)C(=O)N2C1c1c(OC)ccc2ccccc12. The maximum absolute atomic E-state index is 14.2. The monoisotopic (exact) mass is 596 g/mol. The van der Waals surface area contributed by atoms with E-state index in [1.54, 1.807) is 56.2 Å². The van der Waals surface area contributed by atoms with Crippen LogP contribution in [-0.4, -0.2) is 52.8 Å². The third-order valence-corrected chi connectivity index (χ3v) is 8.69. The van der Waals surface area contributed by atoms with Gasteiger partial charge in [-0.15, -0.1) is 0 Å². The number of hydrogen-bond acceptors (Lipinski definition) is 8. The maximum atomic E-state index is 14.2. The van der Waals surface area contributed by atoms with Crippen molar-refractivity contribution in [3.8, 4) is 17.1 Å². The summed E-state index contributed by atoms with van der Waals surface area (Å²) >= 11 is 1.29. The first-order valence-electron chi connectivity index (χ1n) is 13.7. The van der Waals surface area contributed by atoms with E-state index in [1.165, 1.54) is 23.9 Å². The zero-order valence-electron chi connectivity index (χ0n) is 23.6. The summed E-state index contributed by atoms with van der Waals surface area (Å²) in [5.41, 5.74) is 1.58. The van der Waals surface area contributed by atoms with E-state index < -0.39 is 29.4 Å². The number of fused-ring (bicyclic) bond motifs is 2. The van der Waals surface area contributed by atoms with Crippen LogP contribution in [0.2, 0.25) is 0 Å². The number of esters is 1. The molecule has 0 spiro atoms. The first-order valence-corrected chi connectivity index (χ1v) is 14.6. The third-order valence-electron chi connectivity index (χ3n) is 7.60. The third kappa shape index (κ3) is 5.08. The number of furan rings is 1. The van der Waals surface area contributed by atoms with Gasteiger partial charge in [0.1, 0.15) is 23.2 Å². The number of hydrogen-bond donors (Lipinski definition) is 1. The van der Waals surface area contributed by atoms with Gasteiger partial charge in [0, 0.05) is 22.9 Å². The van der Waals surface area contributed by atoms with Crippen LogP contribution in [0.5, 0.6) is 5.75 Å². The van der Waals surface area contributed by atoms with Crippen molar-refractivity contribution >= 4 is 52.2 Å². The van der Waals surface area contributed by atoms with Crippen LogP contribution >= 0.6 is 11.8 Å². The molecule has 3 atom stereocenters. The van der Waals surface area contributed by atoms with Gasteiger partial charge in [-0.3, -0.25) is 19.5 Å². The van der Waals surface area contributed by atoms with Crippen LogP contribution in [0.25, 0.3) is 28.2 Å². The standard InChI is InChI=1S/C33H28N2O7S/c1-4-41-32(39)27-18(2)34-33-35(29(27)28-23-8-6-5-7-19(23)13-15-25(28)40-3)30(36)26(43-33)17-22-14-16-24(42-22)20-9-11-21(12-10-20)31(37)38/h5-17,27,29,33H,4H2,1-3H3,(H,37,38). The van der Waals surface area contributed by atoms with Gasteiger partial charge in [0.25, 0.3) is 5.91 Å². The molecule has 0 radical (unpaired) electrons. The van der Waals surface area contributed by atoms with Crippen LogP contribution in [0.3, 0.4) is 0 Å². The van der Waals surface area contributed by atoms with Crippen molar-refractivity contribution in [1.82, 2.24) is 4.90 Å². The molecule has 9 nitrogen and oxygen atoms in total. The second-order valence-electron chi connectivity index (χ2n) is 10.1. The van der Waals surface area contributed by atoms with E-state index in [-0.39, 0.29) is 18.1 Å². The number of nitrogens with zero attached hydrogens (tertiary/aromatic N) is 2. The number of benzene rings is 3. The van der Waals surface area contributed by atoms with Crippen LogP contribution in [0, 0.1) is 5.92 Å². The van der Waals surface area contributed by atoms with Crippen molar-refractivity contribution in [2.75, 3.05) is 13.7 Å². The maximum Gasteiger partial charge on any atom is 0.335 e. The number of carboxylic acids is 1. The fourth-order valence-electron chi connectivity index (χ4n) is 5.63. The lowest BCUT2D eigenvalue weighted by Gasteiger charge is -2.40. The number of aromatic carboxylic acids is 1. The van der Waals surface area contributed by atoms with E-state index in [9.17, 15) is 19.5 Å². The van der Waals surface area contributed by atoms with Crippen molar-refractivity contribution in [1.29, 1.82) is 0 Å². The number of carboxylic acid groups (broad SMARTS) is 1. The number of rotatable bonds is 7. The first-order chi connectivity index (χ1) is 20.8. The Labute approximate surface area is 251 Å². The van der Waals surface area contributed by atoms with Crippen LogP contribution in [-0.2, 0) is 14.3 Å². The van der Waals surface area contributed by atoms with Crippen LogP contribution in [0.4, 0.5) is 0 Å². The smallest absolute Gasteiger partial charge is 0.335 e. The fraction of sp³-hybridized carbons (Fsp3) is 0.212. The normalized spacial score (nSPS) is 20.7. The lowest BCUT2D eigenvalue weighted by atomic mass is 9.84. The molecule has 1 N–H and O–H groups in total. The van der Waals surface area contributed by atoms with Gasteiger partial charge in [-0.25, -0.2) is 4.79 Å². The number of aliphatic imine (C=N–C) groups is 1. The molecule has 10 heteroatoms. The lowest BCUT2D eigenvalue weighted by molar-refractivity contribution is -0.149. The molecule has 3 heterocycles. The Morgan fingerprint density at radius 1 is 1.07 bits per heavy atom. The van der Waals surface area contributed by atoms with E-state index in [4.69, 9.17) is 18.9 Å². The lowest BCUT2D eigenvalue weighted by Crippen LogP contribution is -2.48. The van der Waals surface area contributed by atoms with E-state index in [1.807, 2.05) is 36.4 Å². The molecule has 1 amide bonds. The minimum Gasteiger partial charge on any atom is -0.496 e. The minimum absolute atomic E-state index is 0.177. The van der Waals surface area contributed by atoms with Gasteiger partial charge in [0.2, 0.25) is 0 Å². The molecule has 43 heavy (non-hydrogen) atoms. The van der Waals surface area contributed by atoms with Gasteiger partial charge >= 0.3 is 11.9 Å². The van der Waals surface area contributed by atoms with Gasteiger partial charge in [-0.05, 0) is 55.0 Å². The number of amides is 1. The zero-order chi connectivity index (χ0) is 30.2. The Kier molecular flexibility index (Phi) is 7.53. The van der Waals surface area contributed by atoms with Crippen molar-refractivity contribution in [3.63, 3.8) is 0 Å². The molecule has 4 aromatic rings. The molecule has 3 unspecified atom stereocenters. The Morgan fingerprint density at radius 3 is 2.56 bits per heavy atom. The highest BCUT2D eigenvalue weighted by Crippen LogP contribution is 2.51. The molecule has 1 fully saturated rings. The molecule has 1 aromatic heterocycles. The van der Waals surface area contributed by atoms with Crippen molar-refractivity contribution in [3.05, 3.63) is 94.6 Å². The quantitative estimate of drug-likeness (QED) is 0.192. The van der Waals surface area contributed by atoms with E-state index in [2.05, 4.69) is 0 Å². The Bertz CT molecular complexity index is 1810. The Balaban J connectivity index is 1.42. The topological polar surface area (TPSA) is 119 Å². The fourth-order valence-corrected chi connectivity index (χ4v) is 6.80. The first kappa shape index (κ1) is 28.3. The summed E-state index contributed by atoms with van der Waals surface area (Å²) in [6.07, 6.45) is 1.67. The molecule has 2 aliphatic heterocycles. The molecule has 0 aliphatic carbocycles. The molecule has 2 aliphatic rings. The van der Waals surface area contributed by atoms with Crippen molar-refractivity contribution in [2.24, 2.45) is 10.9 Å². The highest BCUT2D eigenvalue weighted by molar-refractivity contribution is 8.05. The number of carbonyl (C=O) groups is 3. The van der Waals surface area contributed by atoms with Crippen LogP contribution in [0.15, 0.2) is 87.1 Å². The van der Waals surface area contributed by atoms with E-state index >= 15 is 0 Å². The van der Waals surface area contributed by atoms with Gasteiger partial charge in [-0.1, -0.05) is 54.2 Å². The largest absolute Gasteiger partial charge is 0.496 e. The number of ether oxygens (including phenoxy) is 2. The van der Waals surface area contributed by atoms with Gasteiger partial charge in [0.05, 0.1) is 30.2 Å².